The summed E-state index contributed by atoms with van der Waals surface area (Å²) in [5.74, 6) is -0.0101. The minimum Gasteiger partial charge on any atom is -0.508 e. The maximum Gasteiger partial charge on any atom is 0.323 e. The first kappa shape index (κ1) is 13.5. The molecule has 0 spiro atoms. The van der Waals surface area contributed by atoms with Crippen molar-refractivity contribution in [3.05, 3.63) is 29.8 Å². The van der Waals surface area contributed by atoms with Crippen LogP contribution in [0.1, 0.15) is 25.8 Å². The van der Waals surface area contributed by atoms with Crippen LogP contribution in [0.25, 0.3) is 0 Å². The van der Waals surface area contributed by atoms with Crippen molar-refractivity contribution in [1.29, 1.82) is 0 Å². The van der Waals surface area contributed by atoms with Crippen molar-refractivity contribution in [2.45, 2.75) is 32.9 Å². The number of hydrogen-bond donors (Lipinski definition) is 2. The van der Waals surface area contributed by atoms with Gasteiger partial charge in [-0.15, -0.1) is 0 Å². The molecule has 0 bridgehead atoms. The fourth-order valence-corrected chi connectivity index (χ4v) is 1.53. The molecule has 1 aromatic carbocycles. The Balaban J connectivity index is 2.53. The smallest absolute Gasteiger partial charge is 0.323 e. The lowest BCUT2D eigenvalue weighted by atomic mass is 10.1. The monoisotopic (exact) mass is 237 g/mol. The van der Waals surface area contributed by atoms with Crippen LogP contribution in [-0.4, -0.2) is 23.7 Å². The number of carbonyl (C=O) groups excluding carboxylic acids is 1. The SMILES string of the molecule is CCOC(=O)C(CC)NCc1ccccc1O. The highest BCUT2D eigenvalue weighted by Gasteiger charge is 2.16. The molecule has 17 heavy (non-hydrogen) atoms. The van der Waals surface area contributed by atoms with Gasteiger partial charge in [0.15, 0.2) is 0 Å². The van der Waals surface area contributed by atoms with Crippen molar-refractivity contribution < 1.29 is 14.6 Å². The lowest BCUT2D eigenvalue weighted by molar-refractivity contribution is -0.145. The van der Waals surface area contributed by atoms with Gasteiger partial charge in [-0.1, -0.05) is 25.1 Å². The molecule has 0 aliphatic rings. The van der Waals surface area contributed by atoms with Crippen LogP contribution in [-0.2, 0) is 16.1 Å². The zero-order chi connectivity index (χ0) is 12.7. The number of esters is 1. The molecule has 0 radical (unpaired) electrons. The van der Waals surface area contributed by atoms with E-state index in [9.17, 15) is 9.90 Å². The third-order valence-electron chi connectivity index (χ3n) is 2.51. The van der Waals surface area contributed by atoms with Gasteiger partial charge < -0.3 is 15.2 Å². The maximum atomic E-state index is 11.5. The molecule has 1 rings (SSSR count). The molecule has 2 N–H and O–H groups in total. The molecule has 1 unspecified atom stereocenters. The molecule has 0 aliphatic heterocycles. The molecule has 0 aliphatic carbocycles. The van der Waals surface area contributed by atoms with Gasteiger partial charge in [-0.3, -0.25) is 4.79 Å². The van der Waals surface area contributed by atoms with E-state index in [0.29, 0.717) is 19.6 Å². The number of phenols is 1. The molecule has 94 valence electrons. The van der Waals surface area contributed by atoms with Crippen LogP contribution in [0.15, 0.2) is 24.3 Å². The summed E-state index contributed by atoms with van der Waals surface area (Å²) in [5, 5.41) is 12.7. The summed E-state index contributed by atoms with van der Waals surface area (Å²) >= 11 is 0. The van der Waals surface area contributed by atoms with E-state index in [-0.39, 0.29) is 17.8 Å². The van der Waals surface area contributed by atoms with Crippen molar-refractivity contribution in [1.82, 2.24) is 5.32 Å². The quantitative estimate of drug-likeness (QED) is 0.741. The summed E-state index contributed by atoms with van der Waals surface area (Å²) in [5.41, 5.74) is 0.773. The van der Waals surface area contributed by atoms with E-state index in [2.05, 4.69) is 5.32 Å². The zero-order valence-corrected chi connectivity index (χ0v) is 10.3. The first-order chi connectivity index (χ1) is 8.19. The summed E-state index contributed by atoms with van der Waals surface area (Å²) < 4.78 is 4.95. The van der Waals surface area contributed by atoms with Gasteiger partial charge in [-0.2, -0.15) is 0 Å². The highest BCUT2D eigenvalue weighted by Crippen LogP contribution is 2.15. The van der Waals surface area contributed by atoms with E-state index in [1.54, 1.807) is 19.1 Å². The molecule has 1 aromatic rings. The Morgan fingerprint density at radius 2 is 2.12 bits per heavy atom. The third-order valence-corrected chi connectivity index (χ3v) is 2.51. The zero-order valence-electron chi connectivity index (χ0n) is 10.3. The van der Waals surface area contributed by atoms with Crippen LogP contribution in [0, 0.1) is 0 Å². The fraction of sp³-hybridized carbons (Fsp3) is 0.462. The van der Waals surface area contributed by atoms with Crippen molar-refractivity contribution >= 4 is 5.97 Å². The second-order valence-corrected chi connectivity index (χ2v) is 3.72. The molecule has 0 aromatic heterocycles. The Morgan fingerprint density at radius 3 is 2.71 bits per heavy atom. The van der Waals surface area contributed by atoms with Crippen LogP contribution >= 0.6 is 0 Å². The number of aromatic hydroxyl groups is 1. The number of ether oxygens (including phenoxy) is 1. The number of hydrogen-bond acceptors (Lipinski definition) is 4. The molecule has 0 heterocycles. The summed E-state index contributed by atoms with van der Waals surface area (Å²) in [4.78, 5) is 11.5. The minimum absolute atomic E-state index is 0.235. The predicted octanol–water partition coefficient (Wildman–Crippen LogP) is 1.82. The Kier molecular flexibility index (Phi) is 5.49. The maximum absolute atomic E-state index is 11.5. The number of rotatable bonds is 6. The predicted molar refractivity (Wildman–Crippen MR) is 65.7 cm³/mol. The fourth-order valence-electron chi connectivity index (χ4n) is 1.53. The summed E-state index contributed by atoms with van der Waals surface area (Å²) in [7, 11) is 0. The number of benzene rings is 1. The van der Waals surface area contributed by atoms with E-state index in [1.807, 2.05) is 19.1 Å². The molecule has 1 atom stereocenters. The Labute approximate surface area is 102 Å². The van der Waals surface area contributed by atoms with Gasteiger partial charge in [0.25, 0.3) is 0 Å². The van der Waals surface area contributed by atoms with Crippen molar-refractivity contribution in [3.63, 3.8) is 0 Å². The standard InChI is InChI=1S/C13H19NO3/c1-3-11(13(16)17-4-2)14-9-10-7-5-6-8-12(10)15/h5-8,11,14-15H,3-4,9H2,1-2H3. The molecule has 0 amide bonds. The van der Waals surface area contributed by atoms with Gasteiger partial charge in [0.05, 0.1) is 6.61 Å². The van der Waals surface area contributed by atoms with Gasteiger partial charge in [0.1, 0.15) is 11.8 Å². The van der Waals surface area contributed by atoms with Crippen LogP contribution in [0.5, 0.6) is 5.75 Å². The van der Waals surface area contributed by atoms with E-state index >= 15 is 0 Å². The van der Waals surface area contributed by atoms with Crippen molar-refractivity contribution in [2.24, 2.45) is 0 Å². The lowest BCUT2D eigenvalue weighted by Crippen LogP contribution is -2.37. The van der Waals surface area contributed by atoms with E-state index in [4.69, 9.17) is 4.74 Å². The first-order valence-electron chi connectivity index (χ1n) is 5.85. The van der Waals surface area contributed by atoms with Gasteiger partial charge in [0.2, 0.25) is 0 Å². The summed E-state index contributed by atoms with van der Waals surface area (Å²) in [6, 6.07) is 6.74. The summed E-state index contributed by atoms with van der Waals surface area (Å²) in [6.07, 6.45) is 0.659. The van der Waals surface area contributed by atoms with E-state index in [0.717, 1.165) is 5.56 Å². The second kappa shape index (κ2) is 6.91. The van der Waals surface area contributed by atoms with Crippen molar-refractivity contribution in [2.75, 3.05) is 6.61 Å². The third kappa shape index (κ3) is 4.07. The number of para-hydroxylation sites is 1. The number of nitrogens with one attached hydrogen (secondary N) is 1. The molecule has 0 saturated heterocycles. The molecular weight excluding hydrogens is 218 g/mol. The molecular formula is C13H19NO3. The van der Waals surface area contributed by atoms with Crippen LogP contribution in [0.2, 0.25) is 0 Å². The average molecular weight is 237 g/mol. The second-order valence-electron chi connectivity index (χ2n) is 3.72. The van der Waals surface area contributed by atoms with E-state index < -0.39 is 0 Å². The van der Waals surface area contributed by atoms with Crippen LogP contribution < -0.4 is 5.32 Å². The molecule has 0 saturated carbocycles. The normalized spacial score (nSPS) is 12.1. The Morgan fingerprint density at radius 1 is 1.41 bits per heavy atom. The van der Waals surface area contributed by atoms with E-state index in [1.165, 1.54) is 0 Å². The van der Waals surface area contributed by atoms with Crippen LogP contribution in [0.4, 0.5) is 0 Å². The average Bonchev–Trinajstić information content (AvgIpc) is 2.32. The molecule has 0 fully saturated rings. The number of phenolic OH excluding ortho intramolecular Hbond substituents is 1. The Bertz CT molecular complexity index is 365. The summed E-state index contributed by atoms with van der Waals surface area (Å²) in [6.45, 7) is 4.53. The highest BCUT2D eigenvalue weighted by molar-refractivity contribution is 5.75. The van der Waals surface area contributed by atoms with Gasteiger partial charge >= 0.3 is 5.97 Å². The molecule has 4 nitrogen and oxygen atoms in total. The lowest BCUT2D eigenvalue weighted by Gasteiger charge is -2.15. The van der Waals surface area contributed by atoms with Crippen molar-refractivity contribution in [3.8, 4) is 5.75 Å². The van der Waals surface area contributed by atoms with Crippen LogP contribution in [0.3, 0.4) is 0 Å². The topological polar surface area (TPSA) is 58.6 Å². The minimum atomic E-state index is -0.324. The highest BCUT2D eigenvalue weighted by atomic mass is 16.5. The Hall–Kier alpha value is -1.55. The largest absolute Gasteiger partial charge is 0.508 e. The first-order valence-corrected chi connectivity index (χ1v) is 5.85. The van der Waals surface area contributed by atoms with Gasteiger partial charge in [-0.05, 0) is 19.4 Å². The molecule has 4 heteroatoms. The van der Waals surface area contributed by atoms with Gasteiger partial charge in [0, 0.05) is 12.1 Å². The number of carbonyl (C=O) groups is 1. The van der Waals surface area contributed by atoms with Gasteiger partial charge in [-0.25, -0.2) is 0 Å².